The maximum absolute atomic E-state index is 13.6. The van der Waals surface area contributed by atoms with Gasteiger partial charge in [0.2, 0.25) is 10.0 Å². The van der Waals surface area contributed by atoms with Gasteiger partial charge in [0.25, 0.3) is 0 Å². The number of aliphatic hydroxyl groups is 1. The number of nitrogens with zero attached hydrogens (tertiary/aromatic N) is 4. The van der Waals surface area contributed by atoms with Crippen molar-refractivity contribution in [3.63, 3.8) is 0 Å². The first-order valence-electron chi connectivity index (χ1n) is 11.5. The molecular formula is C24H37N5O3S. The molecule has 3 rings (SSSR count). The third kappa shape index (κ3) is 6.74. The van der Waals surface area contributed by atoms with Crippen LogP contribution in [0, 0.1) is 13.8 Å². The molecule has 8 nitrogen and oxygen atoms in total. The molecule has 2 aromatic rings. The minimum atomic E-state index is -3.87. The zero-order chi connectivity index (χ0) is 24.0. The molecule has 182 valence electrons. The Morgan fingerprint density at radius 2 is 1.91 bits per heavy atom. The molecule has 0 aliphatic carbocycles. The van der Waals surface area contributed by atoms with E-state index in [0.29, 0.717) is 18.4 Å². The second kappa shape index (κ2) is 11.4. The molecule has 0 amide bonds. The predicted octanol–water partition coefficient (Wildman–Crippen LogP) is 1.93. The molecule has 0 radical (unpaired) electrons. The molecule has 1 fully saturated rings. The van der Waals surface area contributed by atoms with Crippen LogP contribution >= 0.6 is 0 Å². The van der Waals surface area contributed by atoms with Crippen molar-refractivity contribution in [2.45, 2.75) is 37.8 Å². The average Bonchev–Trinajstić information content (AvgIpc) is 3.25. The van der Waals surface area contributed by atoms with E-state index in [0.717, 1.165) is 42.7 Å². The van der Waals surface area contributed by atoms with Crippen LogP contribution in [0.4, 0.5) is 5.82 Å². The first-order chi connectivity index (χ1) is 15.7. The number of aliphatic hydroxyl groups excluding tert-OH is 1. The highest BCUT2D eigenvalue weighted by atomic mass is 32.2. The largest absolute Gasteiger partial charge is 0.395 e. The summed E-state index contributed by atoms with van der Waals surface area (Å²) in [6.45, 7) is 7.26. The number of likely N-dealkylation sites (tertiary alicyclic amines) is 1. The normalized spacial score (nSPS) is 17.2. The van der Waals surface area contributed by atoms with Crippen LogP contribution in [0.25, 0.3) is 0 Å². The van der Waals surface area contributed by atoms with Gasteiger partial charge >= 0.3 is 0 Å². The van der Waals surface area contributed by atoms with Crippen LogP contribution < -0.4 is 5.32 Å². The number of nitrogens with one attached hydrogen (secondary N) is 1. The number of hydrogen-bond acceptors (Lipinski definition) is 7. The molecule has 0 bridgehead atoms. The molecule has 1 aromatic carbocycles. The smallest absolute Gasteiger partial charge is 0.247 e. The lowest BCUT2D eigenvalue weighted by Gasteiger charge is -2.24. The number of aryl methyl sites for hydroxylation is 2. The summed E-state index contributed by atoms with van der Waals surface area (Å²) in [6.07, 6.45) is 2.82. The van der Waals surface area contributed by atoms with Gasteiger partial charge in [0.05, 0.1) is 6.61 Å². The van der Waals surface area contributed by atoms with Crippen molar-refractivity contribution in [3.8, 4) is 0 Å². The fraction of sp³-hybridized carbons (Fsp3) is 0.542. The molecule has 33 heavy (non-hydrogen) atoms. The van der Waals surface area contributed by atoms with E-state index in [1.165, 1.54) is 4.31 Å². The number of rotatable bonds is 11. The van der Waals surface area contributed by atoms with Crippen molar-refractivity contribution in [1.29, 1.82) is 0 Å². The number of aromatic nitrogens is 1. The van der Waals surface area contributed by atoms with E-state index in [4.69, 9.17) is 0 Å². The van der Waals surface area contributed by atoms with Crippen LogP contribution in [-0.4, -0.2) is 92.1 Å². The Balaban J connectivity index is 1.75. The van der Waals surface area contributed by atoms with Gasteiger partial charge in [-0.1, -0.05) is 29.8 Å². The quantitative estimate of drug-likeness (QED) is 0.513. The minimum Gasteiger partial charge on any atom is -0.395 e. The summed E-state index contributed by atoms with van der Waals surface area (Å²) in [5, 5.41) is 12.8. The third-order valence-electron chi connectivity index (χ3n) is 6.13. The fourth-order valence-corrected chi connectivity index (χ4v) is 5.70. The van der Waals surface area contributed by atoms with Crippen molar-refractivity contribution in [1.82, 2.24) is 19.1 Å². The molecule has 0 spiro atoms. The van der Waals surface area contributed by atoms with E-state index in [9.17, 15) is 13.5 Å². The highest BCUT2D eigenvalue weighted by Crippen LogP contribution is 2.25. The molecule has 1 aliphatic heterocycles. The first kappa shape index (κ1) is 25.6. The van der Waals surface area contributed by atoms with Crippen LogP contribution in [0.2, 0.25) is 0 Å². The molecule has 2 N–H and O–H groups in total. The van der Waals surface area contributed by atoms with Gasteiger partial charge in [0.1, 0.15) is 10.7 Å². The Morgan fingerprint density at radius 3 is 2.55 bits per heavy atom. The monoisotopic (exact) mass is 475 g/mol. The number of pyridine rings is 1. The maximum atomic E-state index is 13.6. The standard InChI is InChI=1S/C24H37N5O3S/c1-19-5-7-21(8-6-19)17-29(13-14-30)33(31,32)23-15-20(2)16-26-24(23)25-10-12-28-11-9-22(18-28)27(3)4/h5-8,15-16,22,30H,9-14,17-18H2,1-4H3,(H,25,26)/t22-/m0/s1. The van der Waals surface area contributed by atoms with Gasteiger partial charge in [-0.15, -0.1) is 0 Å². The maximum Gasteiger partial charge on any atom is 0.247 e. The van der Waals surface area contributed by atoms with Crippen molar-refractivity contribution < 1.29 is 13.5 Å². The molecule has 0 unspecified atom stereocenters. The number of hydrogen-bond donors (Lipinski definition) is 2. The Labute approximate surface area is 198 Å². The van der Waals surface area contributed by atoms with Crippen molar-refractivity contribution in [2.24, 2.45) is 0 Å². The number of benzene rings is 1. The minimum absolute atomic E-state index is 0.0172. The van der Waals surface area contributed by atoms with E-state index in [2.05, 4.69) is 34.2 Å². The summed E-state index contributed by atoms with van der Waals surface area (Å²) in [4.78, 5) is 9.19. The van der Waals surface area contributed by atoms with E-state index in [1.807, 2.05) is 38.1 Å². The van der Waals surface area contributed by atoms with Crippen LogP contribution in [0.5, 0.6) is 0 Å². The van der Waals surface area contributed by atoms with Crippen LogP contribution in [0.3, 0.4) is 0 Å². The summed E-state index contributed by atoms with van der Waals surface area (Å²) >= 11 is 0. The van der Waals surface area contributed by atoms with Gasteiger partial charge < -0.3 is 15.3 Å². The van der Waals surface area contributed by atoms with Crippen LogP contribution in [-0.2, 0) is 16.6 Å². The molecule has 0 saturated carbocycles. The summed E-state index contributed by atoms with van der Waals surface area (Å²) < 4.78 is 28.6. The fourth-order valence-electron chi connectivity index (χ4n) is 4.07. The van der Waals surface area contributed by atoms with Gasteiger partial charge in [0, 0.05) is 45.0 Å². The zero-order valence-corrected chi connectivity index (χ0v) is 21.0. The molecule has 1 aliphatic rings. The average molecular weight is 476 g/mol. The Hall–Kier alpha value is -2.04. The molecule has 1 aromatic heterocycles. The predicted molar refractivity (Wildman–Crippen MR) is 132 cm³/mol. The highest BCUT2D eigenvalue weighted by Gasteiger charge is 2.28. The third-order valence-corrected chi connectivity index (χ3v) is 7.99. The van der Waals surface area contributed by atoms with E-state index in [1.54, 1.807) is 12.3 Å². The number of anilines is 1. The van der Waals surface area contributed by atoms with E-state index in [-0.39, 0.29) is 24.6 Å². The Kier molecular flexibility index (Phi) is 8.83. The van der Waals surface area contributed by atoms with Crippen molar-refractivity contribution >= 4 is 15.8 Å². The molecule has 1 saturated heterocycles. The highest BCUT2D eigenvalue weighted by molar-refractivity contribution is 7.89. The molecular weight excluding hydrogens is 438 g/mol. The second-order valence-corrected chi connectivity index (χ2v) is 10.9. The lowest BCUT2D eigenvalue weighted by molar-refractivity contribution is 0.251. The van der Waals surface area contributed by atoms with E-state index >= 15 is 0 Å². The summed E-state index contributed by atoms with van der Waals surface area (Å²) in [5.74, 6) is 0.357. The van der Waals surface area contributed by atoms with Gasteiger partial charge in [0.15, 0.2) is 0 Å². The summed E-state index contributed by atoms with van der Waals surface area (Å²) in [5.41, 5.74) is 2.75. The Morgan fingerprint density at radius 1 is 1.18 bits per heavy atom. The lowest BCUT2D eigenvalue weighted by Crippen LogP contribution is -2.35. The van der Waals surface area contributed by atoms with Gasteiger partial charge in [-0.3, -0.25) is 4.90 Å². The number of likely N-dealkylation sites (N-methyl/N-ethyl adjacent to an activating group) is 1. The van der Waals surface area contributed by atoms with Crippen LogP contribution in [0.1, 0.15) is 23.1 Å². The zero-order valence-electron chi connectivity index (χ0n) is 20.2. The summed E-state index contributed by atoms with van der Waals surface area (Å²) in [7, 11) is 0.345. The first-order valence-corrected chi connectivity index (χ1v) is 12.9. The number of sulfonamides is 1. The molecule has 9 heteroatoms. The molecule has 1 atom stereocenters. The lowest BCUT2D eigenvalue weighted by atomic mass is 10.1. The molecule has 2 heterocycles. The van der Waals surface area contributed by atoms with Gasteiger partial charge in [-0.05, 0) is 58.1 Å². The SMILES string of the molecule is Cc1ccc(CN(CCO)S(=O)(=O)c2cc(C)cnc2NCCN2CC[C@H](N(C)C)C2)cc1. The van der Waals surface area contributed by atoms with Gasteiger partial charge in [-0.2, -0.15) is 4.31 Å². The van der Waals surface area contributed by atoms with Gasteiger partial charge in [-0.25, -0.2) is 13.4 Å². The second-order valence-electron chi connectivity index (χ2n) is 9.04. The topological polar surface area (TPSA) is 89.0 Å². The van der Waals surface area contributed by atoms with Crippen molar-refractivity contribution in [2.75, 3.05) is 58.7 Å². The van der Waals surface area contributed by atoms with Crippen molar-refractivity contribution in [3.05, 3.63) is 53.2 Å². The van der Waals surface area contributed by atoms with E-state index < -0.39 is 10.0 Å². The van der Waals surface area contributed by atoms with Crippen LogP contribution in [0.15, 0.2) is 41.4 Å². The Bertz CT molecular complexity index is 1010. The summed E-state index contributed by atoms with van der Waals surface area (Å²) in [6, 6.07) is 9.97.